The Balaban J connectivity index is 1.67. The lowest BCUT2D eigenvalue weighted by Crippen LogP contribution is -2.21. The Bertz CT molecular complexity index is 1220. The molecule has 2 aromatic heterocycles. The Morgan fingerprint density at radius 3 is 2.66 bits per heavy atom. The Morgan fingerprint density at radius 1 is 1.34 bits per heavy atom. The zero-order chi connectivity index (χ0) is 23.0. The van der Waals surface area contributed by atoms with E-state index in [4.69, 9.17) is 27.7 Å². The summed E-state index contributed by atoms with van der Waals surface area (Å²) in [7, 11) is 0. The first-order valence-corrected chi connectivity index (χ1v) is 12.1. The number of nitrogens with zero attached hydrogens (tertiary/aromatic N) is 3. The molecule has 166 valence electrons. The third-order valence-electron chi connectivity index (χ3n) is 6.10. The van der Waals surface area contributed by atoms with Gasteiger partial charge in [-0.25, -0.2) is 0 Å². The molecule has 1 aliphatic carbocycles. The maximum Gasteiger partial charge on any atom is 0.268 e. The molecule has 3 aromatic rings. The summed E-state index contributed by atoms with van der Waals surface area (Å²) >= 11 is 13.8. The van der Waals surface area contributed by atoms with Crippen molar-refractivity contribution >= 4 is 45.4 Å². The van der Waals surface area contributed by atoms with Crippen LogP contribution in [0.25, 0.3) is 10.8 Å². The minimum Gasteiger partial charge on any atom is -0.333 e. The number of thiophene rings is 1. The molecule has 2 heterocycles. The largest absolute Gasteiger partial charge is 0.333 e. The molecule has 0 spiro atoms. The van der Waals surface area contributed by atoms with Crippen molar-refractivity contribution in [2.75, 3.05) is 5.32 Å². The summed E-state index contributed by atoms with van der Waals surface area (Å²) in [5, 5.41) is 18.5. The van der Waals surface area contributed by atoms with Gasteiger partial charge in [-0.2, -0.15) is 10.2 Å². The van der Waals surface area contributed by atoms with Gasteiger partial charge in [-0.1, -0.05) is 48.3 Å². The summed E-state index contributed by atoms with van der Waals surface area (Å²) in [6.07, 6.45) is 3.20. The number of amides is 1. The van der Waals surface area contributed by atoms with E-state index in [0.29, 0.717) is 42.8 Å². The molecule has 1 N–H and O–H groups in total. The molecule has 1 aliphatic rings. The van der Waals surface area contributed by atoms with E-state index in [1.165, 1.54) is 11.3 Å². The lowest BCUT2D eigenvalue weighted by atomic mass is 9.95. The van der Waals surface area contributed by atoms with Crippen LogP contribution in [0.1, 0.15) is 62.0 Å². The number of anilines is 1. The molecule has 1 amide bonds. The van der Waals surface area contributed by atoms with E-state index in [2.05, 4.69) is 21.5 Å². The first kappa shape index (κ1) is 22.8. The highest BCUT2D eigenvalue weighted by molar-refractivity contribution is 7.20. The number of aromatic nitrogens is 2. The van der Waals surface area contributed by atoms with E-state index < -0.39 is 0 Å². The fraction of sp³-hybridized carbons (Fsp3) is 0.391. The van der Waals surface area contributed by atoms with Crippen LogP contribution in [0, 0.1) is 24.2 Å². The number of hydrogen-bond acceptors (Lipinski definition) is 6. The maximum absolute atomic E-state index is 12.6. The van der Waals surface area contributed by atoms with Crippen LogP contribution in [0.2, 0.25) is 10.0 Å². The van der Waals surface area contributed by atoms with Crippen LogP contribution in [0.15, 0.2) is 22.7 Å². The minimum absolute atomic E-state index is 0.0835. The summed E-state index contributed by atoms with van der Waals surface area (Å²) in [5.74, 6) is 0.713. The molecule has 1 saturated carbocycles. The predicted molar refractivity (Wildman–Crippen MR) is 126 cm³/mol. The molecular formula is C23H22Cl2N4O2S. The van der Waals surface area contributed by atoms with Gasteiger partial charge in [0, 0.05) is 16.0 Å². The third kappa shape index (κ3) is 3.92. The van der Waals surface area contributed by atoms with Gasteiger partial charge >= 0.3 is 0 Å². The minimum atomic E-state index is -0.390. The Labute approximate surface area is 200 Å². The highest BCUT2D eigenvalue weighted by atomic mass is 35.5. The average Bonchev–Trinajstić information content (AvgIpc) is 3.29. The summed E-state index contributed by atoms with van der Waals surface area (Å²) < 4.78 is 5.61. The molecule has 0 bridgehead atoms. The molecule has 0 saturated heterocycles. The standard InChI is InChI=1S/C23H22Cl2N4O2S/c1-4-13(5-2)19(30)27-21-15(11-26)12(3)18(32-21)20-28-22(29-31-20)23(8-9-23)16-7-6-14(24)10-17(16)25/h6-7,10,13H,4-5,8-9H2,1-3H3,(H,27,30). The van der Waals surface area contributed by atoms with Gasteiger partial charge in [-0.15, -0.1) is 11.3 Å². The Hall–Kier alpha value is -2.40. The van der Waals surface area contributed by atoms with Crippen LogP contribution in [0.4, 0.5) is 5.00 Å². The number of halogens is 2. The first-order chi connectivity index (χ1) is 15.3. The molecule has 0 aliphatic heterocycles. The number of carbonyl (C=O) groups is 1. The molecule has 32 heavy (non-hydrogen) atoms. The smallest absolute Gasteiger partial charge is 0.268 e. The zero-order valence-corrected chi connectivity index (χ0v) is 20.3. The second-order valence-corrected chi connectivity index (χ2v) is 9.87. The van der Waals surface area contributed by atoms with Gasteiger partial charge in [0.2, 0.25) is 5.91 Å². The summed E-state index contributed by atoms with van der Waals surface area (Å²) in [6.45, 7) is 5.78. The second kappa shape index (κ2) is 8.86. The molecular weight excluding hydrogens is 467 g/mol. The highest BCUT2D eigenvalue weighted by Crippen LogP contribution is 2.55. The van der Waals surface area contributed by atoms with Crippen molar-refractivity contribution in [3.8, 4) is 16.8 Å². The number of hydrogen-bond donors (Lipinski definition) is 1. The molecule has 6 nitrogen and oxygen atoms in total. The van der Waals surface area contributed by atoms with Gasteiger partial charge in [0.15, 0.2) is 5.82 Å². The van der Waals surface area contributed by atoms with E-state index in [1.807, 2.05) is 26.8 Å². The van der Waals surface area contributed by atoms with Crippen LogP contribution < -0.4 is 5.32 Å². The highest BCUT2D eigenvalue weighted by Gasteiger charge is 2.51. The molecule has 0 radical (unpaired) electrons. The van der Waals surface area contributed by atoms with Crippen molar-refractivity contribution in [2.45, 2.75) is 51.9 Å². The van der Waals surface area contributed by atoms with Crippen LogP contribution in [0.3, 0.4) is 0 Å². The van der Waals surface area contributed by atoms with E-state index in [0.717, 1.165) is 31.2 Å². The van der Waals surface area contributed by atoms with Crippen LogP contribution >= 0.6 is 34.5 Å². The van der Waals surface area contributed by atoms with Crippen molar-refractivity contribution in [3.63, 3.8) is 0 Å². The number of carbonyl (C=O) groups excluding carboxylic acids is 1. The van der Waals surface area contributed by atoms with Crippen molar-refractivity contribution in [1.29, 1.82) is 5.26 Å². The summed E-state index contributed by atoms with van der Waals surface area (Å²) in [4.78, 5) is 17.9. The SMILES string of the molecule is CCC(CC)C(=O)Nc1sc(-c2nc(C3(c4ccc(Cl)cc4Cl)CC3)no2)c(C)c1C#N. The van der Waals surface area contributed by atoms with Crippen molar-refractivity contribution in [2.24, 2.45) is 5.92 Å². The maximum atomic E-state index is 12.6. The zero-order valence-electron chi connectivity index (χ0n) is 18.0. The Kier molecular flexibility index (Phi) is 6.30. The van der Waals surface area contributed by atoms with E-state index in [1.54, 1.807) is 12.1 Å². The molecule has 1 fully saturated rings. The first-order valence-electron chi connectivity index (χ1n) is 10.5. The van der Waals surface area contributed by atoms with Gasteiger partial charge in [-0.05, 0) is 55.9 Å². The molecule has 0 unspecified atom stereocenters. The van der Waals surface area contributed by atoms with Crippen LogP contribution in [0.5, 0.6) is 0 Å². The molecule has 1 aromatic carbocycles. The number of rotatable bonds is 7. The average molecular weight is 489 g/mol. The normalized spacial score (nSPS) is 14.4. The summed E-state index contributed by atoms with van der Waals surface area (Å²) in [5.41, 5.74) is 1.67. The Morgan fingerprint density at radius 2 is 2.06 bits per heavy atom. The summed E-state index contributed by atoms with van der Waals surface area (Å²) in [6, 6.07) is 7.63. The van der Waals surface area contributed by atoms with Crippen LogP contribution in [-0.2, 0) is 10.2 Å². The monoisotopic (exact) mass is 488 g/mol. The second-order valence-electron chi connectivity index (χ2n) is 8.00. The van der Waals surface area contributed by atoms with E-state index in [9.17, 15) is 10.1 Å². The number of nitriles is 1. The van der Waals surface area contributed by atoms with Gasteiger partial charge in [-0.3, -0.25) is 4.79 Å². The number of benzene rings is 1. The van der Waals surface area contributed by atoms with Gasteiger partial charge in [0.1, 0.15) is 11.1 Å². The lowest BCUT2D eigenvalue weighted by Gasteiger charge is -2.13. The molecule has 0 atom stereocenters. The third-order valence-corrected chi connectivity index (χ3v) is 7.84. The fourth-order valence-electron chi connectivity index (χ4n) is 3.94. The van der Waals surface area contributed by atoms with Crippen LogP contribution in [-0.4, -0.2) is 16.0 Å². The predicted octanol–water partition coefficient (Wildman–Crippen LogP) is 6.74. The van der Waals surface area contributed by atoms with Gasteiger partial charge in [0.05, 0.1) is 15.9 Å². The van der Waals surface area contributed by atoms with Crippen molar-refractivity contribution in [1.82, 2.24) is 10.1 Å². The lowest BCUT2D eigenvalue weighted by molar-refractivity contribution is -0.120. The van der Waals surface area contributed by atoms with Gasteiger partial charge in [0.25, 0.3) is 5.89 Å². The van der Waals surface area contributed by atoms with Crippen molar-refractivity contribution < 1.29 is 9.32 Å². The van der Waals surface area contributed by atoms with E-state index in [-0.39, 0.29) is 17.2 Å². The molecule has 4 rings (SSSR count). The topological polar surface area (TPSA) is 91.8 Å². The molecule has 9 heteroatoms. The van der Waals surface area contributed by atoms with E-state index >= 15 is 0 Å². The van der Waals surface area contributed by atoms with Gasteiger partial charge < -0.3 is 9.84 Å². The fourth-order valence-corrected chi connectivity index (χ4v) is 5.61. The quantitative estimate of drug-likeness (QED) is 0.397. The van der Waals surface area contributed by atoms with Crippen molar-refractivity contribution in [3.05, 3.63) is 50.8 Å². The number of nitrogens with one attached hydrogen (secondary N) is 1.